The SMILES string of the molecule is COCCNCC(=O)NC1(CC(=O)O)CCCC1. The molecule has 6 nitrogen and oxygen atoms in total. The number of carbonyl (C=O) groups is 2. The molecule has 104 valence electrons. The van der Waals surface area contributed by atoms with Crippen LogP contribution in [-0.4, -0.2) is 49.3 Å². The molecule has 0 bridgehead atoms. The number of aliphatic carboxylic acids is 1. The molecule has 1 aliphatic carbocycles. The first-order chi connectivity index (χ1) is 8.58. The molecular weight excluding hydrogens is 236 g/mol. The second-order valence-corrected chi connectivity index (χ2v) is 4.78. The van der Waals surface area contributed by atoms with Crippen LogP contribution >= 0.6 is 0 Å². The second kappa shape index (κ2) is 7.33. The second-order valence-electron chi connectivity index (χ2n) is 4.78. The van der Waals surface area contributed by atoms with E-state index in [9.17, 15) is 9.59 Å². The molecule has 18 heavy (non-hydrogen) atoms. The molecule has 0 aliphatic heterocycles. The number of carboxylic acid groups (broad SMARTS) is 1. The smallest absolute Gasteiger partial charge is 0.305 e. The standard InChI is InChI=1S/C12H22N2O4/c1-18-7-6-13-9-10(15)14-12(8-11(16)17)4-2-3-5-12/h13H,2-9H2,1H3,(H,14,15)(H,16,17). The number of ether oxygens (including phenoxy) is 1. The third-order valence-corrected chi connectivity index (χ3v) is 3.22. The van der Waals surface area contributed by atoms with E-state index in [1.165, 1.54) is 0 Å². The van der Waals surface area contributed by atoms with Crippen molar-refractivity contribution in [2.24, 2.45) is 0 Å². The molecule has 0 aromatic carbocycles. The van der Waals surface area contributed by atoms with Gasteiger partial charge >= 0.3 is 5.97 Å². The highest BCUT2D eigenvalue weighted by Gasteiger charge is 2.37. The summed E-state index contributed by atoms with van der Waals surface area (Å²) in [6, 6.07) is 0. The first-order valence-electron chi connectivity index (χ1n) is 6.30. The lowest BCUT2D eigenvalue weighted by molar-refractivity contribution is -0.139. The molecule has 0 aromatic heterocycles. The zero-order valence-corrected chi connectivity index (χ0v) is 10.8. The molecule has 0 saturated heterocycles. The summed E-state index contributed by atoms with van der Waals surface area (Å²) in [5.41, 5.74) is -0.536. The fraction of sp³-hybridized carbons (Fsp3) is 0.833. The fourth-order valence-corrected chi connectivity index (χ4v) is 2.40. The molecule has 0 aromatic rings. The van der Waals surface area contributed by atoms with Crippen molar-refractivity contribution in [2.75, 3.05) is 26.8 Å². The summed E-state index contributed by atoms with van der Waals surface area (Å²) in [6.07, 6.45) is 3.47. The molecular formula is C12H22N2O4. The maximum absolute atomic E-state index is 11.7. The van der Waals surface area contributed by atoms with Gasteiger partial charge < -0.3 is 20.5 Å². The molecule has 1 rings (SSSR count). The van der Waals surface area contributed by atoms with Crippen LogP contribution in [-0.2, 0) is 14.3 Å². The summed E-state index contributed by atoms with van der Waals surface area (Å²) < 4.78 is 4.86. The Morgan fingerprint density at radius 1 is 1.33 bits per heavy atom. The number of nitrogens with one attached hydrogen (secondary N) is 2. The van der Waals surface area contributed by atoms with Crippen molar-refractivity contribution in [2.45, 2.75) is 37.6 Å². The molecule has 1 aliphatic rings. The number of carboxylic acids is 1. The molecule has 0 spiro atoms. The van der Waals surface area contributed by atoms with Gasteiger partial charge in [-0.15, -0.1) is 0 Å². The molecule has 0 heterocycles. The third kappa shape index (κ3) is 5.01. The number of carbonyl (C=O) groups excluding carboxylic acids is 1. The monoisotopic (exact) mass is 258 g/mol. The lowest BCUT2D eigenvalue weighted by atomic mass is 9.93. The van der Waals surface area contributed by atoms with Crippen molar-refractivity contribution >= 4 is 11.9 Å². The minimum atomic E-state index is -0.857. The molecule has 1 fully saturated rings. The Hall–Kier alpha value is -1.14. The Kier molecular flexibility index (Phi) is 6.07. The average Bonchev–Trinajstić information content (AvgIpc) is 2.71. The van der Waals surface area contributed by atoms with Crippen molar-refractivity contribution in [3.05, 3.63) is 0 Å². The van der Waals surface area contributed by atoms with Crippen LogP contribution in [0.25, 0.3) is 0 Å². The van der Waals surface area contributed by atoms with Crippen LogP contribution in [0.3, 0.4) is 0 Å². The van der Waals surface area contributed by atoms with Crippen LogP contribution in [0.1, 0.15) is 32.1 Å². The highest BCUT2D eigenvalue weighted by Crippen LogP contribution is 2.32. The Morgan fingerprint density at radius 3 is 2.56 bits per heavy atom. The summed E-state index contributed by atoms with van der Waals surface area (Å²) in [5.74, 6) is -1.00. The highest BCUT2D eigenvalue weighted by molar-refractivity contribution is 5.80. The van der Waals surface area contributed by atoms with Crippen molar-refractivity contribution in [3.63, 3.8) is 0 Å². The zero-order valence-electron chi connectivity index (χ0n) is 10.8. The van der Waals surface area contributed by atoms with Gasteiger partial charge in [0.05, 0.1) is 25.1 Å². The Balaban J connectivity index is 2.36. The van der Waals surface area contributed by atoms with E-state index >= 15 is 0 Å². The molecule has 1 amide bonds. The van der Waals surface area contributed by atoms with Crippen molar-refractivity contribution < 1.29 is 19.4 Å². The van der Waals surface area contributed by atoms with Crippen molar-refractivity contribution in [1.82, 2.24) is 10.6 Å². The van der Waals surface area contributed by atoms with Gasteiger partial charge in [-0.05, 0) is 12.8 Å². The first kappa shape index (κ1) is 14.9. The summed E-state index contributed by atoms with van der Waals surface area (Å²) in [5, 5.41) is 14.7. The van der Waals surface area contributed by atoms with E-state index in [-0.39, 0.29) is 18.9 Å². The third-order valence-electron chi connectivity index (χ3n) is 3.22. The maximum Gasteiger partial charge on any atom is 0.305 e. The predicted octanol–water partition coefficient (Wildman–Crippen LogP) is 0.126. The number of hydrogen-bond donors (Lipinski definition) is 3. The van der Waals surface area contributed by atoms with Crippen LogP contribution in [0.2, 0.25) is 0 Å². The summed E-state index contributed by atoms with van der Waals surface area (Å²) >= 11 is 0. The van der Waals surface area contributed by atoms with Crippen LogP contribution in [0.4, 0.5) is 0 Å². The summed E-state index contributed by atoms with van der Waals surface area (Å²) in [6.45, 7) is 1.36. The van der Waals surface area contributed by atoms with Gasteiger partial charge in [0, 0.05) is 13.7 Å². The van der Waals surface area contributed by atoms with Crippen LogP contribution in [0.5, 0.6) is 0 Å². The van der Waals surface area contributed by atoms with Crippen LogP contribution in [0, 0.1) is 0 Å². The molecule has 0 radical (unpaired) electrons. The van der Waals surface area contributed by atoms with Crippen LogP contribution < -0.4 is 10.6 Å². The van der Waals surface area contributed by atoms with Gasteiger partial charge in [0.1, 0.15) is 0 Å². The largest absolute Gasteiger partial charge is 0.481 e. The molecule has 3 N–H and O–H groups in total. The maximum atomic E-state index is 11.7. The molecule has 0 atom stereocenters. The van der Waals surface area contributed by atoms with E-state index in [4.69, 9.17) is 9.84 Å². The molecule has 6 heteroatoms. The minimum absolute atomic E-state index is 0.0107. The van der Waals surface area contributed by atoms with Crippen molar-refractivity contribution in [3.8, 4) is 0 Å². The number of amides is 1. The Bertz CT molecular complexity index is 288. The van der Waals surface area contributed by atoms with E-state index in [2.05, 4.69) is 10.6 Å². The summed E-state index contributed by atoms with van der Waals surface area (Å²) in [4.78, 5) is 22.6. The number of rotatable bonds is 8. The van der Waals surface area contributed by atoms with Gasteiger partial charge in [-0.1, -0.05) is 12.8 Å². The normalized spacial score (nSPS) is 17.6. The van der Waals surface area contributed by atoms with Gasteiger partial charge in [0.2, 0.25) is 5.91 Å². The average molecular weight is 258 g/mol. The Morgan fingerprint density at radius 2 is 2.00 bits per heavy atom. The van der Waals surface area contributed by atoms with E-state index < -0.39 is 11.5 Å². The van der Waals surface area contributed by atoms with Crippen LogP contribution in [0.15, 0.2) is 0 Å². The minimum Gasteiger partial charge on any atom is -0.481 e. The zero-order chi connectivity index (χ0) is 13.4. The fourth-order valence-electron chi connectivity index (χ4n) is 2.40. The van der Waals surface area contributed by atoms with Gasteiger partial charge in [-0.25, -0.2) is 0 Å². The van der Waals surface area contributed by atoms with Gasteiger partial charge in [-0.2, -0.15) is 0 Å². The molecule has 1 saturated carbocycles. The topological polar surface area (TPSA) is 87.7 Å². The van der Waals surface area contributed by atoms with Gasteiger partial charge in [0.15, 0.2) is 0 Å². The first-order valence-corrected chi connectivity index (χ1v) is 6.30. The van der Waals surface area contributed by atoms with E-state index in [0.717, 1.165) is 25.7 Å². The summed E-state index contributed by atoms with van der Waals surface area (Å²) in [7, 11) is 1.60. The lowest BCUT2D eigenvalue weighted by Gasteiger charge is -2.28. The van der Waals surface area contributed by atoms with Gasteiger partial charge in [0.25, 0.3) is 0 Å². The Labute approximate surface area is 107 Å². The quantitative estimate of drug-likeness (QED) is 0.538. The van der Waals surface area contributed by atoms with Crippen molar-refractivity contribution in [1.29, 1.82) is 0 Å². The highest BCUT2D eigenvalue weighted by atomic mass is 16.5. The lowest BCUT2D eigenvalue weighted by Crippen LogP contribution is -2.50. The number of hydrogen-bond acceptors (Lipinski definition) is 4. The van der Waals surface area contributed by atoms with E-state index in [0.29, 0.717) is 13.2 Å². The van der Waals surface area contributed by atoms with E-state index in [1.807, 2.05) is 0 Å². The number of methoxy groups -OCH3 is 1. The predicted molar refractivity (Wildman–Crippen MR) is 66.3 cm³/mol. The van der Waals surface area contributed by atoms with E-state index in [1.54, 1.807) is 7.11 Å². The van der Waals surface area contributed by atoms with Gasteiger partial charge in [-0.3, -0.25) is 9.59 Å². The molecule has 0 unspecified atom stereocenters.